The summed E-state index contributed by atoms with van der Waals surface area (Å²) in [4.78, 5) is 13.9. The average Bonchev–Trinajstić information content (AvgIpc) is 2.82. The Morgan fingerprint density at radius 3 is 2.68 bits per heavy atom. The fourth-order valence-electron chi connectivity index (χ4n) is 2.93. The van der Waals surface area contributed by atoms with Crippen molar-refractivity contribution in [2.45, 2.75) is 18.4 Å². The highest BCUT2D eigenvalue weighted by Crippen LogP contribution is 2.33. The molecule has 0 N–H and O–H groups in total. The predicted molar refractivity (Wildman–Crippen MR) is 87.3 cm³/mol. The Hall–Kier alpha value is -2.00. The molecule has 0 aromatic heterocycles. The summed E-state index contributed by atoms with van der Waals surface area (Å²) in [6.45, 7) is 0.460. The second-order valence-corrected chi connectivity index (χ2v) is 6.00. The summed E-state index contributed by atoms with van der Waals surface area (Å²) in [6, 6.07) is 17.5. The summed E-state index contributed by atoms with van der Waals surface area (Å²) < 4.78 is 5.86. The third kappa shape index (κ3) is 3.09. The fourth-order valence-corrected chi connectivity index (χ4v) is 3.11. The molecule has 0 bridgehead atoms. The van der Waals surface area contributed by atoms with E-state index in [1.807, 2.05) is 43.4 Å². The Labute approximate surface area is 135 Å². The zero-order valence-electron chi connectivity index (χ0n) is 12.4. The molecule has 1 heterocycles. The monoisotopic (exact) mass is 315 g/mol. The largest absolute Gasteiger partial charge is 0.491 e. The van der Waals surface area contributed by atoms with E-state index in [9.17, 15) is 4.79 Å². The van der Waals surface area contributed by atoms with Gasteiger partial charge in [0.05, 0.1) is 6.04 Å². The van der Waals surface area contributed by atoms with Gasteiger partial charge >= 0.3 is 0 Å². The van der Waals surface area contributed by atoms with Crippen LogP contribution in [0.25, 0.3) is 0 Å². The maximum Gasteiger partial charge on any atom is 0.223 e. The summed E-state index contributed by atoms with van der Waals surface area (Å²) in [5, 5.41) is 0.646. The highest BCUT2D eigenvalue weighted by atomic mass is 35.5. The first-order valence-corrected chi connectivity index (χ1v) is 7.72. The van der Waals surface area contributed by atoms with Gasteiger partial charge in [0.15, 0.2) is 0 Å². The molecule has 0 spiro atoms. The molecule has 1 aliphatic heterocycles. The molecule has 3 nitrogen and oxygen atoms in total. The van der Waals surface area contributed by atoms with Crippen LogP contribution in [0.3, 0.4) is 0 Å². The highest BCUT2D eigenvalue weighted by Gasteiger charge is 2.38. The van der Waals surface area contributed by atoms with Gasteiger partial charge in [0.25, 0.3) is 0 Å². The van der Waals surface area contributed by atoms with E-state index in [1.165, 1.54) is 5.56 Å². The van der Waals surface area contributed by atoms with Crippen molar-refractivity contribution >= 4 is 17.5 Å². The standard InChI is InChI=1S/C18H18ClNO2/c1-20-17(12-22-15-9-5-8-14(19)10-15)16(11-18(20)21)13-6-3-2-4-7-13/h2-10,16-17H,11-12H2,1H3. The Morgan fingerprint density at radius 1 is 1.18 bits per heavy atom. The molecule has 1 fully saturated rings. The lowest BCUT2D eigenvalue weighted by atomic mass is 9.92. The van der Waals surface area contributed by atoms with Gasteiger partial charge in [0.2, 0.25) is 5.91 Å². The topological polar surface area (TPSA) is 29.5 Å². The van der Waals surface area contributed by atoms with Gasteiger partial charge in [-0.3, -0.25) is 4.79 Å². The van der Waals surface area contributed by atoms with Crippen molar-refractivity contribution in [1.82, 2.24) is 4.90 Å². The van der Waals surface area contributed by atoms with Gasteiger partial charge in [-0.15, -0.1) is 0 Å². The van der Waals surface area contributed by atoms with E-state index in [0.717, 1.165) is 5.75 Å². The Bertz CT molecular complexity index is 659. The molecule has 4 heteroatoms. The Morgan fingerprint density at radius 2 is 1.95 bits per heavy atom. The van der Waals surface area contributed by atoms with Crippen molar-refractivity contribution in [3.8, 4) is 5.75 Å². The van der Waals surface area contributed by atoms with Crippen molar-refractivity contribution in [3.63, 3.8) is 0 Å². The molecule has 1 aliphatic rings. The average molecular weight is 316 g/mol. The SMILES string of the molecule is CN1C(=O)CC(c2ccccc2)C1COc1cccc(Cl)c1. The zero-order valence-corrected chi connectivity index (χ0v) is 13.2. The minimum absolute atomic E-state index is 0.0360. The van der Waals surface area contributed by atoms with Crippen LogP contribution in [-0.4, -0.2) is 30.5 Å². The lowest BCUT2D eigenvalue weighted by molar-refractivity contribution is -0.127. The van der Waals surface area contributed by atoms with Crippen LogP contribution in [-0.2, 0) is 4.79 Å². The van der Waals surface area contributed by atoms with Crippen LogP contribution < -0.4 is 4.74 Å². The van der Waals surface area contributed by atoms with Crippen molar-refractivity contribution in [2.75, 3.05) is 13.7 Å². The molecule has 1 saturated heterocycles. The zero-order chi connectivity index (χ0) is 15.5. The van der Waals surface area contributed by atoms with E-state index in [0.29, 0.717) is 18.1 Å². The molecule has 2 aromatic rings. The molecule has 22 heavy (non-hydrogen) atoms. The first-order valence-electron chi connectivity index (χ1n) is 7.34. The Balaban J connectivity index is 1.76. The van der Waals surface area contributed by atoms with Gasteiger partial charge in [-0.25, -0.2) is 0 Å². The predicted octanol–water partition coefficient (Wildman–Crippen LogP) is 3.73. The van der Waals surface area contributed by atoms with Crippen LogP contribution in [0.1, 0.15) is 17.9 Å². The summed E-state index contributed by atoms with van der Waals surface area (Å²) in [7, 11) is 1.84. The highest BCUT2D eigenvalue weighted by molar-refractivity contribution is 6.30. The smallest absolute Gasteiger partial charge is 0.223 e. The van der Waals surface area contributed by atoms with Gasteiger partial charge in [0, 0.05) is 24.4 Å². The molecular weight excluding hydrogens is 298 g/mol. The number of likely N-dealkylation sites (tertiary alicyclic amines) is 1. The molecule has 2 unspecified atom stereocenters. The maximum absolute atomic E-state index is 12.1. The van der Waals surface area contributed by atoms with Crippen LogP contribution in [0.15, 0.2) is 54.6 Å². The van der Waals surface area contributed by atoms with E-state index in [4.69, 9.17) is 16.3 Å². The summed E-state index contributed by atoms with van der Waals surface area (Å²) in [5.74, 6) is 1.05. The third-order valence-electron chi connectivity index (χ3n) is 4.19. The number of hydrogen-bond donors (Lipinski definition) is 0. The number of rotatable bonds is 4. The van der Waals surface area contributed by atoms with Gasteiger partial charge < -0.3 is 9.64 Å². The quantitative estimate of drug-likeness (QED) is 0.860. The minimum Gasteiger partial charge on any atom is -0.491 e. The number of carbonyl (C=O) groups is 1. The molecule has 0 radical (unpaired) electrons. The van der Waals surface area contributed by atoms with Crippen molar-refractivity contribution in [3.05, 3.63) is 65.2 Å². The van der Waals surface area contributed by atoms with E-state index in [2.05, 4.69) is 12.1 Å². The molecule has 1 amide bonds. The summed E-state index contributed by atoms with van der Waals surface area (Å²) in [5.41, 5.74) is 1.18. The van der Waals surface area contributed by atoms with Crippen molar-refractivity contribution in [1.29, 1.82) is 0 Å². The van der Waals surface area contributed by atoms with E-state index < -0.39 is 0 Å². The first kappa shape index (κ1) is 14.9. The summed E-state index contributed by atoms with van der Waals surface area (Å²) in [6.07, 6.45) is 0.532. The number of likely N-dealkylation sites (N-methyl/N-ethyl adjacent to an activating group) is 1. The molecule has 0 saturated carbocycles. The fraction of sp³-hybridized carbons (Fsp3) is 0.278. The number of nitrogens with zero attached hydrogens (tertiary/aromatic N) is 1. The van der Waals surface area contributed by atoms with Gasteiger partial charge in [-0.2, -0.15) is 0 Å². The van der Waals surface area contributed by atoms with E-state index in [-0.39, 0.29) is 17.9 Å². The minimum atomic E-state index is 0.0360. The normalized spacial score (nSPS) is 21.2. The van der Waals surface area contributed by atoms with Crippen LogP contribution >= 0.6 is 11.6 Å². The maximum atomic E-state index is 12.1. The number of benzene rings is 2. The van der Waals surface area contributed by atoms with Gasteiger partial charge in [-0.05, 0) is 23.8 Å². The van der Waals surface area contributed by atoms with Gasteiger partial charge in [0.1, 0.15) is 12.4 Å². The molecule has 0 aliphatic carbocycles. The molecular formula is C18H18ClNO2. The Kier molecular flexibility index (Phi) is 4.34. The van der Waals surface area contributed by atoms with Gasteiger partial charge in [-0.1, -0.05) is 48.0 Å². The second-order valence-electron chi connectivity index (χ2n) is 5.56. The molecule has 2 atom stereocenters. The molecule has 114 valence electrons. The third-order valence-corrected chi connectivity index (χ3v) is 4.43. The first-order chi connectivity index (χ1) is 10.6. The lowest BCUT2D eigenvalue weighted by Gasteiger charge is -2.25. The van der Waals surface area contributed by atoms with Crippen LogP contribution in [0.4, 0.5) is 0 Å². The van der Waals surface area contributed by atoms with Crippen molar-refractivity contribution in [2.24, 2.45) is 0 Å². The summed E-state index contributed by atoms with van der Waals surface area (Å²) >= 11 is 5.97. The number of halogens is 1. The van der Waals surface area contributed by atoms with E-state index >= 15 is 0 Å². The second kappa shape index (κ2) is 6.41. The number of hydrogen-bond acceptors (Lipinski definition) is 2. The van der Waals surface area contributed by atoms with Crippen molar-refractivity contribution < 1.29 is 9.53 Å². The number of ether oxygens (including phenoxy) is 1. The van der Waals surface area contributed by atoms with E-state index in [1.54, 1.807) is 11.0 Å². The lowest BCUT2D eigenvalue weighted by Crippen LogP contribution is -2.36. The molecule has 2 aromatic carbocycles. The number of carbonyl (C=O) groups excluding carboxylic acids is 1. The molecule has 3 rings (SSSR count). The van der Waals surface area contributed by atoms with Crippen LogP contribution in [0, 0.1) is 0 Å². The van der Waals surface area contributed by atoms with Crippen LogP contribution in [0.5, 0.6) is 5.75 Å². The number of amides is 1. The van der Waals surface area contributed by atoms with Crippen LogP contribution in [0.2, 0.25) is 5.02 Å².